The summed E-state index contributed by atoms with van der Waals surface area (Å²) < 4.78 is 1.88. The molecule has 31 heavy (non-hydrogen) atoms. The van der Waals surface area contributed by atoms with Crippen LogP contribution in [0.25, 0.3) is 16.9 Å². The zero-order valence-electron chi connectivity index (χ0n) is 16.2. The topological polar surface area (TPSA) is 133 Å². The molecule has 2 aromatic carbocycles. The molecule has 2 heterocycles. The van der Waals surface area contributed by atoms with Crippen LogP contribution in [-0.4, -0.2) is 25.1 Å². The maximum atomic E-state index is 12.6. The fourth-order valence-electron chi connectivity index (χ4n) is 3.12. The highest BCUT2D eigenvalue weighted by Gasteiger charge is 2.20. The molecule has 0 spiro atoms. The number of rotatable bonds is 5. The first-order chi connectivity index (χ1) is 14.8. The van der Waals surface area contributed by atoms with Gasteiger partial charge in [-0.3, -0.25) is 25.0 Å². The average molecular weight is 417 g/mol. The molecule has 0 aliphatic rings. The number of nitrogens with one attached hydrogen (secondary N) is 1. The molecular formula is C21H15N5O5. The molecule has 0 aliphatic heterocycles. The lowest BCUT2D eigenvalue weighted by molar-refractivity contribution is -0.394. The minimum atomic E-state index is -0.782. The van der Waals surface area contributed by atoms with Crippen molar-refractivity contribution in [1.29, 1.82) is 0 Å². The van der Waals surface area contributed by atoms with E-state index < -0.39 is 27.1 Å². The molecule has 0 bridgehead atoms. The minimum absolute atomic E-state index is 0.186. The van der Waals surface area contributed by atoms with E-state index in [1.165, 1.54) is 0 Å². The Morgan fingerprint density at radius 1 is 1.00 bits per heavy atom. The number of anilines is 1. The molecule has 0 saturated heterocycles. The first-order valence-corrected chi connectivity index (χ1v) is 9.11. The number of hydrogen-bond acceptors (Lipinski definition) is 6. The predicted molar refractivity (Wildman–Crippen MR) is 113 cm³/mol. The highest BCUT2D eigenvalue weighted by atomic mass is 16.6. The monoisotopic (exact) mass is 417 g/mol. The van der Waals surface area contributed by atoms with Gasteiger partial charge in [-0.15, -0.1) is 0 Å². The SMILES string of the molecule is Cc1ccn2cc(-c3cccc(NC(=O)c4cc([N+](=O)[O-])cc([N+](=O)[O-])c4)c3)nc2c1. The van der Waals surface area contributed by atoms with Crippen molar-refractivity contribution in [3.05, 3.63) is 98.3 Å². The zero-order valence-corrected chi connectivity index (χ0v) is 16.2. The predicted octanol–water partition coefficient (Wildman–Crippen LogP) is 4.38. The highest BCUT2D eigenvalue weighted by molar-refractivity contribution is 6.05. The third-order valence-electron chi connectivity index (χ3n) is 4.62. The number of nitro benzene ring substituents is 2. The first kappa shape index (κ1) is 19.7. The summed E-state index contributed by atoms with van der Waals surface area (Å²) >= 11 is 0. The van der Waals surface area contributed by atoms with Gasteiger partial charge in [0, 0.05) is 35.8 Å². The second-order valence-corrected chi connectivity index (χ2v) is 6.88. The van der Waals surface area contributed by atoms with Crippen molar-refractivity contribution >= 4 is 28.6 Å². The third kappa shape index (κ3) is 4.08. The van der Waals surface area contributed by atoms with Gasteiger partial charge >= 0.3 is 0 Å². The van der Waals surface area contributed by atoms with Crippen LogP contribution in [0.4, 0.5) is 17.1 Å². The molecule has 0 atom stereocenters. The maximum Gasteiger partial charge on any atom is 0.277 e. The molecule has 0 saturated carbocycles. The average Bonchev–Trinajstić information content (AvgIpc) is 3.16. The fourth-order valence-corrected chi connectivity index (χ4v) is 3.12. The number of carbonyl (C=O) groups is 1. The van der Waals surface area contributed by atoms with E-state index in [2.05, 4.69) is 10.3 Å². The molecule has 1 amide bonds. The van der Waals surface area contributed by atoms with Gasteiger partial charge < -0.3 is 9.72 Å². The third-order valence-corrected chi connectivity index (χ3v) is 4.62. The van der Waals surface area contributed by atoms with Crippen LogP contribution in [0.5, 0.6) is 0 Å². The van der Waals surface area contributed by atoms with Gasteiger partial charge in [0.2, 0.25) is 0 Å². The lowest BCUT2D eigenvalue weighted by Gasteiger charge is -2.07. The number of benzene rings is 2. The Labute approximate surface area is 175 Å². The van der Waals surface area contributed by atoms with Crippen LogP contribution in [0.15, 0.2) is 67.0 Å². The number of imidazole rings is 1. The van der Waals surface area contributed by atoms with E-state index in [1.807, 2.05) is 41.9 Å². The van der Waals surface area contributed by atoms with Crippen molar-refractivity contribution in [2.75, 3.05) is 5.32 Å². The summed E-state index contributed by atoms with van der Waals surface area (Å²) in [5.74, 6) is -0.699. The van der Waals surface area contributed by atoms with Crippen molar-refractivity contribution in [2.24, 2.45) is 0 Å². The van der Waals surface area contributed by atoms with Gasteiger partial charge in [0.1, 0.15) is 5.65 Å². The molecule has 0 unspecified atom stereocenters. The van der Waals surface area contributed by atoms with Crippen LogP contribution in [0, 0.1) is 27.2 Å². The largest absolute Gasteiger partial charge is 0.322 e. The van der Waals surface area contributed by atoms with E-state index in [0.29, 0.717) is 11.4 Å². The number of aromatic nitrogens is 2. The normalized spacial score (nSPS) is 10.7. The van der Waals surface area contributed by atoms with Crippen LogP contribution >= 0.6 is 0 Å². The van der Waals surface area contributed by atoms with E-state index in [1.54, 1.807) is 18.2 Å². The Kier molecular flexibility index (Phi) is 4.88. The number of nitrogens with zero attached hydrogens (tertiary/aromatic N) is 4. The summed E-state index contributed by atoms with van der Waals surface area (Å²) in [6.45, 7) is 1.97. The Bertz CT molecular complexity index is 1330. The molecule has 10 nitrogen and oxygen atoms in total. The van der Waals surface area contributed by atoms with Gasteiger partial charge in [-0.1, -0.05) is 12.1 Å². The maximum absolute atomic E-state index is 12.6. The summed E-state index contributed by atoms with van der Waals surface area (Å²) in [7, 11) is 0. The van der Waals surface area contributed by atoms with Crippen LogP contribution < -0.4 is 5.32 Å². The van der Waals surface area contributed by atoms with Crippen LogP contribution in [-0.2, 0) is 0 Å². The Morgan fingerprint density at radius 2 is 1.71 bits per heavy atom. The molecule has 0 fully saturated rings. The molecule has 4 aromatic rings. The van der Waals surface area contributed by atoms with E-state index in [-0.39, 0.29) is 5.56 Å². The number of amides is 1. The minimum Gasteiger partial charge on any atom is -0.322 e. The van der Waals surface area contributed by atoms with Crippen LogP contribution in [0.3, 0.4) is 0 Å². The summed E-state index contributed by atoms with van der Waals surface area (Å²) in [5.41, 5.74) is 2.49. The van der Waals surface area contributed by atoms with Crippen LogP contribution in [0.2, 0.25) is 0 Å². The van der Waals surface area contributed by atoms with Crippen molar-refractivity contribution in [3.8, 4) is 11.3 Å². The summed E-state index contributed by atoms with van der Waals surface area (Å²) in [6, 6.07) is 13.6. The van der Waals surface area contributed by atoms with Gasteiger partial charge in [0.15, 0.2) is 0 Å². The van der Waals surface area contributed by atoms with Gasteiger partial charge in [-0.05, 0) is 36.8 Å². The lowest BCUT2D eigenvalue weighted by Crippen LogP contribution is -2.12. The number of pyridine rings is 1. The van der Waals surface area contributed by atoms with E-state index in [4.69, 9.17) is 0 Å². The summed E-state index contributed by atoms with van der Waals surface area (Å²) in [4.78, 5) is 37.7. The van der Waals surface area contributed by atoms with E-state index in [9.17, 15) is 25.0 Å². The van der Waals surface area contributed by atoms with E-state index >= 15 is 0 Å². The molecule has 1 N–H and O–H groups in total. The standard InChI is InChI=1S/C21H15N5O5/c1-13-5-6-24-12-19(23-20(24)7-13)14-3-2-4-16(8-14)22-21(27)15-9-17(25(28)29)11-18(10-15)26(30)31/h2-12H,1H3,(H,22,27). The van der Waals surface area contributed by atoms with Gasteiger partial charge in [0.25, 0.3) is 17.3 Å². The van der Waals surface area contributed by atoms with Gasteiger partial charge in [-0.2, -0.15) is 0 Å². The van der Waals surface area contributed by atoms with Crippen LogP contribution in [0.1, 0.15) is 15.9 Å². The number of hydrogen-bond donors (Lipinski definition) is 1. The smallest absolute Gasteiger partial charge is 0.277 e. The second-order valence-electron chi connectivity index (χ2n) is 6.88. The number of fused-ring (bicyclic) bond motifs is 1. The molecular weight excluding hydrogens is 402 g/mol. The highest BCUT2D eigenvalue weighted by Crippen LogP contribution is 2.25. The van der Waals surface area contributed by atoms with Crippen molar-refractivity contribution in [3.63, 3.8) is 0 Å². The van der Waals surface area contributed by atoms with Gasteiger partial charge in [0.05, 0.1) is 27.2 Å². The van der Waals surface area contributed by atoms with Crippen molar-refractivity contribution in [2.45, 2.75) is 6.92 Å². The molecule has 10 heteroatoms. The Morgan fingerprint density at radius 3 is 2.39 bits per heavy atom. The number of non-ortho nitro benzene ring substituents is 2. The fraction of sp³-hybridized carbons (Fsp3) is 0.0476. The number of nitro groups is 2. The Balaban J connectivity index is 1.63. The quantitative estimate of drug-likeness (QED) is 0.378. The molecule has 154 valence electrons. The molecule has 0 radical (unpaired) electrons. The number of aryl methyl sites for hydroxylation is 1. The van der Waals surface area contributed by atoms with Crippen molar-refractivity contribution in [1.82, 2.24) is 9.38 Å². The van der Waals surface area contributed by atoms with Crippen molar-refractivity contribution < 1.29 is 14.6 Å². The second kappa shape index (κ2) is 7.67. The molecule has 4 rings (SSSR count). The molecule has 0 aliphatic carbocycles. The van der Waals surface area contributed by atoms with E-state index in [0.717, 1.165) is 35.0 Å². The number of carbonyl (C=O) groups excluding carboxylic acids is 1. The Hall–Kier alpha value is -4.60. The van der Waals surface area contributed by atoms with Gasteiger partial charge in [-0.25, -0.2) is 4.98 Å². The molecule has 2 aromatic heterocycles. The lowest BCUT2D eigenvalue weighted by atomic mass is 10.1. The summed E-state index contributed by atoms with van der Waals surface area (Å²) in [5, 5.41) is 24.7. The summed E-state index contributed by atoms with van der Waals surface area (Å²) in [6.07, 6.45) is 3.77. The first-order valence-electron chi connectivity index (χ1n) is 9.11. The zero-order chi connectivity index (χ0) is 22.1.